The maximum absolute atomic E-state index is 10.6. The first-order valence-electron chi connectivity index (χ1n) is 5.53. The number of likely N-dealkylation sites (tertiary alicyclic amines) is 1. The largest absolute Gasteiger partial charge is 0.348 e. The van der Waals surface area contributed by atoms with E-state index in [2.05, 4.69) is 28.9 Å². The Kier molecular flexibility index (Phi) is 3.56. The molecular formula is C11H17N3OS. The Hall–Kier alpha value is -0.940. The van der Waals surface area contributed by atoms with Crippen molar-refractivity contribution in [3.63, 3.8) is 0 Å². The third-order valence-corrected chi connectivity index (χ3v) is 4.18. The van der Waals surface area contributed by atoms with Crippen LogP contribution in [-0.2, 0) is 0 Å². The van der Waals surface area contributed by atoms with Gasteiger partial charge in [0, 0.05) is 13.1 Å². The van der Waals surface area contributed by atoms with Gasteiger partial charge < -0.3 is 9.80 Å². The normalized spacial score (nSPS) is 18.6. The fraction of sp³-hybridized carbons (Fsp3) is 0.636. The average molecular weight is 239 g/mol. The first-order chi connectivity index (χ1) is 7.70. The van der Waals surface area contributed by atoms with Crippen LogP contribution in [0.2, 0.25) is 0 Å². The van der Waals surface area contributed by atoms with E-state index in [0.29, 0.717) is 10.9 Å². The smallest absolute Gasteiger partial charge is 0.185 e. The van der Waals surface area contributed by atoms with Crippen molar-refractivity contribution in [1.29, 1.82) is 0 Å². The molecule has 2 heterocycles. The minimum absolute atomic E-state index is 0.557. The zero-order valence-corrected chi connectivity index (χ0v) is 10.5. The molecule has 0 atom stereocenters. The van der Waals surface area contributed by atoms with Crippen molar-refractivity contribution in [2.24, 2.45) is 0 Å². The van der Waals surface area contributed by atoms with Crippen molar-refractivity contribution < 1.29 is 4.79 Å². The van der Waals surface area contributed by atoms with Gasteiger partial charge in [0.15, 0.2) is 11.4 Å². The molecule has 0 N–H and O–H groups in total. The maximum atomic E-state index is 10.6. The van der Waals surface area contributed by atoms with Gasteiger partial charge in [0.1, 0.15) is 0 Å². The average Bonchev–Trinajstić information content (AvgIpc) is 2.77. The molecule has 4 nitrogen and oxygen atoms in total. The summed E-state index contributed by atoms with van der Waals surface area (Å²) < 4.78 is 0. The first kappa shape index (κ1) is 11.5. The zero-order chi connectivity index (χ0) is 11.5. The SMILES string of the molecule is CN1CCC(N(C)c2ncc(C=O)s2)CC1. The molecule has 0 amide bonds. The van der Waals surface area contributed by atoms with E-state index in [1.54, 1.807) is 6.20 Å². The highest BCUT2D eigenvalue weighted by Gasteiger charge is 2.22. The quantitative estimate of drug-likeness (QED) is 0.749. The second-order valence-corrected chi connectivity index (χ2v) is 5.35. The third-order valence-electron chi connectivity index (χ3n) is 3.17. The van der Waals surface area contributed by atoms with E-state index < -0.39 is 0 Å². The van der Waals surface area contributed by atoms with Crippen molar-refractivity contribution in [3.8, 4) is 0 Å². The van der Waals surface area contributed by atoms with Gasteiger partial charge in [-0.25, -0.2) is 4.98 Å². The molecule has 5 heteroatoms. The second kappa shape index (κ2) is 4.93. The van der Waals surface area contributed by atoms with Gasteiger partial charge in [0.25, 0.3) is 0 Å². The summed E-state index contributed by atoms with van der Waals surface area (Å²) in [7, 11) is 4.23. The number of hydrogen-bond donors (Lipinski definition) is 0. The standard InChI is InChI=1S/C11H17N3OS/c1-13-5-3-9(4-6-13)14(2)11-12-7-10(8-15)16-11/h7-9H,3-6H2,1-2H3. The Balaban J connectivity index is 2.01. The van der Waals surface area contributed by atoms with Crippen LogP contribution >= 0.6 is 11.3 Å². The van der Waals surface area contributed by atoms with E-state index in [9.17, 15) is 4.79 Å². The van der Waals surface area contributed by atoms with Crippen LogP contribution in [0.3, 0.4) is 0 Å². The number of piperidine rings is 1. The first-order valence-corrected chi connectivity index (χ1v) is 6.34. The molecule has 0 unspecified atom stereocenters. The molecule has 0 saturated carbocycles. The van der Waals surface area contributed by atoms with Crippen molar-refractivity contribution >= 4 is 22.8 Å². The molecule has 1 aliphatic rings. The lowest BCUT2D eigenvalue weighted by Gasteiger charge is -2.34. The number of aromatic nitrogens is 1. The Morgan fingerprint density at radius 2 is 2.25 bits per heavy atom. The van der Waals surface area contributed by atoms with Crippen LogP contribution in [0.25, 0.3) is 0 Å². The molecule has 2 rings (SSSR count). The van der Waals surface area contributed by atoms with E-state index in [-0.39, 0.29) is 0 Å². The molecule has 1 aromatic heterocycles. The van der Waals surface area contributed by atoms with Gasteiger partial charge in [0.05, 0.1) is 11.1 Å². The molecule has 0 bridgehead atoms. The lowest BCUT2D eigenvalue weighted by molar-refractivity contribution is 0.112. The number of hydrogen-bond acceptors (Lipinski definition) is 5. The molecule has 1 fully saturated rings. The summed E-state index contributed by atoms with van der Waals surface area (Å²) in [5.41, 5.74) is 0. The monoisotopic (exact) mass is 239 g/mol. The summed E-state index contributed by atoms with van der Waals surface area (Å²) in [6.45, 7) is 2.28. The summed E-state index contributed by atoms with van der Waals surface area (Å²) in [6.07, 6.45) is 4.86. The van der Waals surface area contributed by atoms with E-state index in [4.69, 9.17) is 0 Å². The molecular weight excluding hydrogens is 222 g/mol. The number of nitrogens with zero attached hydrogens (tertiary/aromatic N) is 3. The fourth-order valence-corrected chi connectivity index (χ4v) is 2.80. The molecule has 88 valence electrons. The Morgan fingerprint density at radius 3 is 2.81 bits per heavy atom. The predicted octanol–water partition coefficient (Wildman–Crippen LogP) is 1.49. The molecule has 0 spiro atoms. The number of anilines is 1. The van der Waals surface area contributed by atoms with Gasteiger partial charge in [-0.1, -0.05) is 11.3 Å². The number of aldehydes is 1. The predicted molar refractivity (Wildman–Crippen MR) is 66.4 cm³/mol. The number of rotatable bonds is 3. The van der Waals surface area contributed by atoms with Crippen molar-refractivity contribution in [2.75, 3.05) is 32.1 Å². The number of carbonyl (C=O) groups excluding carboxylic acids is 1. The summed E-state index contributed by atoms with van der Waals surface area (Å²) in [5, 5.41) is 0.955. The molecule has 16 heavy (non-hydrogen) atoms. The maximum Gasteiger partial charge on any atom is 0.185 e. The zero-order valence-electron chi connectivity index (χ0n) is 9.72. The fourth-order valence-electron chi connectivity index (χ4n) is 2.03. The Bertz CT molecular complexity index is 358. The molecule has 1 saturated heterocycles. The minimum Gasteiger partial charge on any atom is -0.348 e. The summed E-state index contributed by atoms with van der Waals surface area (Å²) >= 11 is 1.47. The molecule has 0 aliphatic carbocycles. The third kappa shape index (κ3) is 2.41. The van der Waals surface area contributed by atoms with Crippen LogP contribution in [0.15, 0.2) is 6.20 Å². The number of carbonyl (C=O) groups is 1. The summed E-state index contributed by atoms with van der Waals surface area (Å²) in [6, 6.07) is 0.557. The van der Waals surface area contributed by atoms with Gasteiger partial charge >= 0.3 is 0 Å². The van der Waals surface area contributed by atoms with Crippen LogP contribution in [0, 0.1) is 0 Å². The van der Waals surface area contributed by atoms with Crippen LogP contribution < -0.4 is 4.90 Å². The van der Waals surface area contributed by atoms with Gasteiger partial charge in [-0.15, -0.1) is 0 Å². The van der Waals surface area contributed by atoms with E-state index in [0.717, 1.165) is 24.5 Å². The van der Waals surface area contributed by atoms with E-state index in [1.807, 2.05) is 0 Å². The molecule has 1 aliphatic heterocycles. The van der Waals surface area contributed by atoms with Crippen molar-refractivity contribution in [3.05, 3.63) is 11.1 Å². The summed E-state index contributed by atoms with van der Waals surface area (Å²) in [5.74, 6) is 0. The Morgan fingerprint density at radius 1 is 1.56 bits per heavy atom. The number of thiazole rings is 1. The summed E-state index contributed by atoms with van der Waals surface area (Å²) in [4.78, 5) is 20.2. The van der Waals surface area contributed by atoms with Crippen molar-refractivity contribution in [1.82, 2.24) is 9.88 Å². The molecule has 0 aromatic carbocycles. The van der Waals surface area contributed by atoms with Gasteiger partial charge in [-0.05, 0) is 33.0 Å². The van der Waals surface area contributed by atoms with Crippen LogP contribution in [-0.4, -0.2) is 49.4 Å². The van der Waals surface area contributed by atoms with Gasteiger partial charge in [0.2, 0.25) is 0 Å². The van der Waals surface area contributed by atoms with E-state index in [1.165, 1.54) is 24.2 Å². The topological polar surface area (TPSA) is 36.4 Å². The van der Waals surface area contributed by atoms with Crippen LogP contribution in [0.1, 0.15) is 22.5 Å². The van der Waals surface area contributed by atoms with Crippen LogP contribution in [0.4, 0.5) is 5.13 Å². The van der Waals surface area contributed by atoms with Gasteiger partial charge in [-0.2, -0.15) is 0 Å². The lowest BCUT2D eigenvalue weighted by atomic mass is 10.0. The minimum atomic E-state index is 0.557. The highest BCUT2D eigenvalue weighted by Crippen LogP contribution is 2.25. The lowest BCUT2D eigenvalue weighted by Crippen LogP contribution is -2.41. The van der Waals surface area contributed by atoms with E-state index >= 15 is 0 Å². The molecule has 0 radical (unpaired) electrons. The molecule has 1 aromatic rings. The van der Waals surface area contributed by atoms with Crippen molar-refractivity contribution in [2.45, 2.75) is 18.9 Å². The van der Waals surface area contributed by atoms with Crippen LogP contribution in [0.5, 0.6) is 0 Å². The highest BCUT2D eigenvalue weighted by atomic mass is 32.1. The highest BCUT2D eigenvalue weighted by molar-refractivity contribution is 7.17. The Labute approximate surface area is 99.9 Å². The van der Waals surface area contributed by atoms with Gasteiger partial charge in [-0.3, -0.25) is 4.79 Å². The second-order valence-electron chi connectivity index (χ2n) is 4.31.